The van der Waals surface area contributed by atoms with Gasteiger partial charge in [-0.2, -0.15) is 5.26 Å². The lowest BCUT2D eigenvalue weighted by Gasteiger charge is -2.03. The molecule has 0 radical (unpaired) electrons. The monoisotopic (exact) mass is 171 g/mol. The predicted octanol–water partition coefficient (Wildman–Crippen LogP) is -1.14. The molecule has 0 rings (SSSR count). The quantitative estimate of drug-likeness (QED) is 0.391. The van der Waals surface area contributed by atoms with Gasteiger partial charge < -0.3 is 10.1 Å². The second-order valence-corrected chi connectivity index (χ2v) is 2.10. The van der Waals surface area contributed by atoms with Gasteiger partial charge in [-0.15, -0.1) is 0 Å². The second-order valence-electron chi connectivity index (χ2n) is 2.10. The third-order valence-electron chi connectivity index (χ3n) is 1.12. The van der Waals surface area contributed by atoms with Gasteiger partial charge in [-0.1, -0.05) is 0 Å². The summed E-state index contributed by atoms with van der Waals surface area (Å²) in [7, 11) is 1.57. The van der Waals surface area contributed by atoms with Crippen molar-refractivity contribution in [3.63, 3.8) is 0 Å². The Morgan fingerprint density at radius 1 is 1.67 bits per heavy atom. The van der Waals surface area contributed by atoms with Crippen LogP contribution in [0.4, 0.5) is 0 Å². The van der Waals surface area contributed by atoms with E-state index in [1.165, 1.54) is 0 Å². The SMILES string of the molecule is COCCNC(=O)CNCC#N. The summed E-state index contributed by atoms with van der Waals surface area (Å²) in [4.78, 5) is 10.9. The molecule has 0 spiro atoms. The number of ether oxygens (including phenoxy) is 1. The van der Waals surface area contributed by atoms with Gasteiger partial charge in [0.25, 0.3) is 0 Å². The number of nitrogens with one attached hydrogen (secondary N) is 2. The van der Waals surface area contributed by atoms with Crippen molar-refractivity contribution >= 4 is 5.91 Å². The van der Waals surface area contributed by atoms with E-state index in [0.29, 0.717) is 13.2 Å². The third-order valence-corrected chi connectivity index (χ3v) is 1.12. The smallest absolute Gasteiger partial charge is 0.234 e. The van der Waals surface area contributed by atoms with E-state index in [4.69, 9.17) is 10.00 Å². The fourth-order valence-electron chi connectivity index (χ4n) is 0.587. The lowest BCUT2D eigenvalue weighted by atomic mass is 10.5. The second kappa shape index (κ2) is 7.98. The normalized spacial score (nSPS) is 9.00. The van der Waals surface area contributed by atoms with Crippen LogP contribution in [0, 0.1) is 11.3 Å². The van der Waals surface area contributed by atoms with Crippen LogP contribution in [0.2, 0.25) is 0 Å². The van der Waals surface area contributed by atoms with Gasteiger partial charge >= 0.3 is 0 Å². The molecule has 0 aromatic rings. The van der Waals surface area contributed by atoms with Crippen molar-refractivity contribution in [2.75, 3.05) is 33.4 Å². The van der Waals surface area contributed by atoms with Crippen LogP contribution < -0.4 is 10.6 Å². The molecule has 1 amide bonds. The highest BCUT2D eigenvalue weighted by Crippen LogP contribution is 1.66. The van der Waals surface area contributed by atoms with Gasteiger partial charge in [0.05, 0.1) is 25.8 Å². The Morgan fingerprint density at radius 2 is 2.42 bits per heavy atom. The summed E-state index contributed by atoms with van der Waals surface area (Å²) in [6, 6.07) is 1.87. The predicted molar refractivity (Wildman–Crippen MR) is 43.4 cm³/mol. The minimum atomic E-state index is -0.123. The Hall–Kier alpha value is -1.12. The first-order valence-electron chi connectivity index (χ1n) is 3.64. The number of carbonyl (C=O) groups excluding carboxylic acids is 1. The summed E-state index contributed by atoms with van der Waals surface area (Å²) < 4.78 is 4.73. The molecule has 0 saturated carbocycles. The first-order chi connectivity index (χ1) is 5.81. The van der Waals surface area contributed by atoms with E-state index in [2.05, 4.69) is 10.6 Å². The number of rotatable bonds is 6. The summed E-state index contributed by atoms with van der Waals surface area (Å²) in [6.45, 7) is 1.38. The molecule has 0 fully saturated rings. The molecule has 5 nitrogen and oxygen atoms in total. The molecule has 0 aliphatic carbocycles. The van der Waals surface area contributed by atoms with Crippen molar-refractivity contribution in [1.82, 2.24) is 10.6 Å². The zero-order chi connectivity index (χ0) is 9.23. The van der Waals surface area contributed by atoms with Crippen LogP contribution in [0.1, 0.15) is 0 Å². The molecular formula is C7H13N3O2. The van der Waals surface area contributed by atoms with Crippen molar-refractivity contribution in [1.29, 1.82) is 5.26 Å². The Morgan fingerprint density at radius 3 is 3.00 bits per heavy atom. The topological polar surface area (TPSA) is 74.2 Å². The molecule has 0 aliphatic heterocycles. The molecule has 0 aromatic heterocycles. The van der Waals surface area contributed by atoms with Crippen LogP contribution in [0.25, 0.3) is 0 Å². The Kier molecular flexibility index (Phi) is 7.24. The average Bonchev–Trinajstić information content (AvgIpc) is 2.06. The minimum absolute atomic E-state index is 0.123. The minimum Gasteiger partial charge on any atom is -0.383 e. The van der Waals surface area contributed by atoms with E-state index in [1.54, 1.807) is 7.11 Å². The van der Waals surface area contributed by atoms with Crippen molar-refractivity contribution < 1.29 is 9.53 Å². The maximum Gasteiger partial charge on any atom is 0.234 e. The first kappa shape index (κ1) is 10.9. The zero-order valence-electron chi connectivity index (χ0n) is 7.09. The molecule has 0 aromatic carbocycles. The molecule has 0 heterocycles. The molecule has 0 bridgehead atoms. The van der Waals surface area contributed by atoms with Crippen molar-refractivity contribution in [3.05, 3.63) is 0 Å². The lowest BCUT2D eigenvalue weighted by molar-refractivity contribution is -0.120. The highest BCUT2D eigenvalue weighted by atomic mass is 16.5. The van der Waals surface area contributed by atoms with Crippen molar-refractivity contribution in [2.45, 2.75) is 0 Å². The average molecular weight is 171 g/mol. The number of hydrogen-bond acceptors (Lipinski definition) is 4. The molecular weight excluding hydrogens is 158 g/mol. The van der Waals surface area contributed by atoms with Gasteiger partial charge in [-0.25, -0.2) is 0 Å². The molecule has 2 N–H and O–H groups in total. The molecule has 68 valence electrons. The van der Waals surface area contributed by atoms with E-state index in [-0.39, 0.29) is 19.0 Å². The van der Waals surface area contributed by atoms with Crippen LogP contribution >= 0.6 is 0 Å². The molecule has 5 heteroatoms. The maximum absolute atomic E-state index is 10.9. The van der Waals surface area contributed by atoms with Gasteiger partial charge in [0.1, 0.15) is 0 Å². The van der Waals surface area contributed by atoms with Crippen LogP contribution in [-0.4, -0.2) is 39.3 Å². The van der Waals surface area contributed by atoms with Crippen molar-refractivity contribution in [2.24, 2.45) is 0 Å². The van der Waals surface area contributed by atoms with Crippen LogP contribution in [0.5, 0.6) is 0 Å². The van der Waals surface area contributed by atoms with E-state index in [1.807, 2.05) is 6.07 Å². The summed E-state index contributed by atoms with van der Waals surface area (Å²) in [5, 5.41) is 13.4. The number of amides is 1. The molecule has 0 saturated heterocycles. The fourth-order valence-corrected chi connectivity index (χ4v) is 0.587. The molecule has 0 aliphatic rings. The lowest BCUT2D eigenvalue weighted by Crippen LogP contribution is -2.35. The summed E-state index contributed by atoms with van der Waals surface area (Å²) in [5.41, 5.74) is 0. The number of carbonyl (C=O) groups is 1. The van der Waals surface area contributed by atoms with Gasteiger partial charge in [-0.3, -0.25) is 10.1 Å². The zero-order valence-corrected chi connectivity index (χ0v) is 7.09. The van der Waals surface area contributed by atoms with Crippen LogP contribution in [0.3, 0.4) is 0 Å². The van der Waals surface area contributed by atoms with Crippen molar-refractivity contribution in [3.8, 4) is 6.07 Å². The van der Waals surface area contributed by atoms with E-state index in [9.17, 15) is 4.79 Å². The summed E-state index contributed by atoms with van der Waals surface area (Å²) in [5.74, 6) is -0.123. The van der Waals surface area contributed by atoms with Gasteiger partial charge in [0.2, 0.25) is 5.91 Å². The third kappa shape index (κ3) is 6.99. The van der Waals surface area contributed by atoms with E-state index >= 15 is 0 Å². The molecule has 0 atom stereocenters. The molecule has 0 unspecified atom stereocenters. The largest absolute Gasteiger partial charge is 0.383 e. The first-order valence-corrected chi connectivity index (χ1v) is 3.64. The summed E-state index contributed by atoms with van der Waals surface area (Å²) >= 11 is 0. The fraction of sp³-hybridized carbons (Fsp3) is 0.714. The Balaban J connectivity index is 3.17. The van der Waals surface area contributed by atoms with E-state index < -0.39 is 0 Å². The van der Waals surface area contributed by atoms with Crippen LogP contribution in [-0.2, 0) is 9.53 Å². The number of hydrogen-bond donors (Lipinski definition) is 2. The number of methoxy groups -OCH3 is 1. The molecule has 12 heavy (non-hydrogen) atoms. The van der Waals surface area contributed by atoms with E-state index in [0.717, 1.165) is 0 Å². The van der Waals surface area contributed by atoms with Crippen LogP contribution in [0.15, 0.2) is 0 Å². The number of nitrogens with zero attached hydrogens (tertiary/aromatic N) is 1. The standard InChI is InChI=1S/C7H13N3O2/c1-12-5-4-10-7(11)6-9-3-2-8/h9H,3-6H2,1H3,(H,10,11). The highest BCUT2D eigenvalue weighted by molar-refractivity contribution is 5.77. The van der Waals surface area contributed by atoms with Gasteiger partial charge in [0.15, 0.2) is 0 Å². The highest BCUT2D eigenvalue weighted by Gasteiger charge is 1.97. The summed E-state index contributed by atoms with van der Waals surface area (Å²) in [6.07, 6.45) is 0. The number of nitriles is 1. The Bertz CT molecular complexity index is 165. The van der Waals surface area contributed by atoms with Gasteiger partial charge in [-0.05, 0) is 0 Å². The maximum atomic E-state index is 10.9. The van der Waals surface area contributed by atoms with Gasteiger partial charge in [0, 0.05) is 13.7 Å². The Labute approximate surface area is 71.7 Å².